The van der Waals surface area contributed by atoms with Gasteiger partial charge in [0.1, 0.15) is 0 Å². The molecule has 1 fully saturated rings. The van der Waals surface area contributed by atoms with E-state index in [4.69, 9.17) is 11.6 Å². The Morgan fingerprint density at radius 3 is 2.32 bits per heavy atom. The topological polar surface area (TPSA) is 15.3 Å². The highest BCUT2D eigenvalue weighted by atomic mass is 35.5. The molecule has 0 radical (unpaired) electrons. The van der Waals surface area contributed by atoms with E-state index < -0.39 is 12.5 Å². The minimum atomic E-state index is -2.40. The maximum Gasteiger partial charge on any atom is 0.258 e. The van der Waals surface area contributed by atoms with Gasteiger partial charge in [0.05, 0.1) is 6.04 Å². The lowest BCUT2D eigenvalue weighted by Gasteiger charge is -2.34. The minimum absolute atomic E-state index is 0. The van der Waals surface area contributed by atoms with Gasteiger partial charge in [-0.05, 0) is 17.7 Å². The molecule has 2 nitrogen and oxygen atoms in total. The van der Waals surface area contributed by atoms with Crippen LogP contribution >= 0.6 is 36.4 Å². The highest BCUT2D eigenvalue weighted by Gasteiger charge is 2.29. The number of hydrogen-bond donors (Lipinski definition) is 1. The highest BCUT2D eigenvalue weighted by Crippen LogP contribution is 2.29. The molecule has 110 valence electrons. The van der Waals surface area contributed by atoms with Gasteiger partial charge in [-0.2, -0.15) is 0 Å². The largest absolute Gasteiger partial charge is 0.314 e. The maximum absolute atomic E-state index is 13.2. The van der Waals surface area contributed by atoms with Gasteiger partial charge in [-0.25, -0.2) is 8.78 Å². The van der Waals surface area contributed by atoms with Crippen molar-refractivity contribution in [3.63, 3.8) is 0 Å². The van der Waals surface area contributed by atoms with E-state index in [1.807, 2.05) is 4.90 Å². The monoisotopic (exact) mass is 332 g/mol. The molecule has 1 aliphatic heterocycles. The third-order valence-corrected chi connectivity index (χ3v) is 3.21. The lowest BCUT2D eigenvalue weighted by atomic mass is 10.1. The average molecular weight is 334 g/mol. The number of halogens is 5. The normalized spacial score (nSPS) is 17.5. The van der Waals surface area contributed by atoms with Gasteiger partial charge >= 0.3 is 0 Å². The van der Waals surface area contributed by atoms with Crippen LogP contribution < -0.4 is 5.32 Å². The van der Waals surface area contributed by atoms with Gasteiger partial charge < -0.3 is 5.32 Å². The molecule has 1 aromatic carbocycles. The Bertz CT molecular complexity index is 374. The molecule has 0 unspecified atom stereocenters. The molecule has 0 spiro atoms. The van der Waals surface area contributed by atoms with Crippen molar-refractivity contribution in [1.29, 1.82) is 0 Å². The fraction of sp³-hybridized carbons (Fsp3) is 0.500. The maximum atomic E-state index is 13.2. The summed E-state index contributed by atoms with van der Waals surface area (Å²) >= 11 is 5.86. The van der Waals surface area contributed by atoms with Crippen LogP contribution in [0.5, 0.6) is 0 Å². The van der Waals surface area contributed by atoms with Crippen LogP contribution in [-0.4, -0.2) is 37.5 Å². The molecule has 2 rings (SSSR count). The molecule has 1 N–H and O–H groups in total. The van der Waals surface area contributed by atoms with E-state index in [1.54, 1.807) is 24.3 Å². The van der Waals surface area contributed by atoms with Crippen molar-refractivity contribution in [2.45, 2.75) is 12.5 Å². The first-order chi connectivity index (χ1) is 8.18. The summed E-state index contributed by atoms with van der Waals surface area (Å²) in [4.78, 5) is 1.81. The molecule has 19 heavy (non-hydrogen) atoms. The number of rotatable bonds is 3. The predicted octanol–water partition coefficient (Wildman–Crippen LogP) is 3.40. The number of piperazine rings is 1. The summed E-state index contributed by atoms with van der Waals surface area (Å²) in [5, 5.41) is 3.66. The number of alkyl halides is 2. The SMILES string of the molecule is Cl.Cl.FC(F)[C@@H](c1cccc(Cl)c1)N1CCNCC1. The first-order valence-corrected chi connectivity index (χ1v) is 6.04. The Morgan fingerprint density at radius 2 is 1.79 bits per heavy atom. The van der Waals surface area contributed by atoms with Gasteiger partial charge in [-0.15, -0.1) is 24.8 Å². The van der Waals surface area contributed by atoms with E-state index in [0.29, 0.717) is 23.7 Å². The Kier molecular flexibility index (Phi) is 8.86. The molecule has 1 atom stereocenters. The van der Waals surface area contributed by atoms with Crippen LogP contribution in [0.4, 0.5) is 8.78 Å². The van der Waals surface area contributed by atoms with Crippen LogP contribution in [0.25, 0.3) is 0 Å². The van der Waals surface area contributed by atoms with Gasteiger partial charge in [0.25, 0.3) is 6.43 Å². The zero-order chi connectivity index (χ0) is 12.3. The zero-order valence-corrected chi connectivity index (χ0v) is 12.6. The fourth-order valence-corrected chi connectivity index (χ4v) is 2.37. The van der Waals surface area contributed by atoms with Gasteiger partial charge in [0, 0.05) is 31.2 Å². The van der Waals surface area contributed by atoms with Crippen LogP contribution in [-0.2, 0) is 0 Å². The number of benzene rings is 1. The third-order valence-electron chi connectivity index (χ3n) is 2.97. The van der Waals surface area contributed by atoms with Crippen LogP contribution in [0.3, 0.4) is 0 Å². The predicted molar refractivity (Wildman–Crippen MR) is 79.1 cm³/mol. The molecule has 1 aliphatic rings. The molecule has 1 saturated heterocycles. The lowest BCUT2D eigenvalue weighted by molar-refractivity contribution is 0.0182. The van der Waals surface area contributed by atoms with Crippen molar-refractivity contribution in [2.24, 2.45) is 0 Å². The second-order valence-corrected chi connectivity index (χ2v) is 4.56. The van der Waals surface area contributed by atoms with E-state index in [2.05, 4.69) is 5.32 Å². The van der Waals surface area contributed by atoms with Crippen LogP contribution in [0, 0.1) is 0 Å². The third kappa shape index (κ3) is 5.04. The van der Waals surface area contributed by atoms with Gasteiger partial charge in [-0.3, -0.25) is 4.90 Å². The quantitative estimate of drug-likeness (QED) is 0.912. The summed E-state index contributed by atoms with van der Waals surface area (Å²) in [5.41, 5.74) is 0.592. The second-order valence-electron chi connectivity index (χ2n) is 4.12. The molecule has 0 aliphatic carbocycles. The number of nitrogens with one attached hydrogen (secondary N) is 1. The summed E-state index contributed by atoms with van der Waals surface area (Å²) < 4.78 is 26.4. The number of nitrogens with zero attached hydrogens (tertiary/aromatic N) is 1. The van der Waals surface area contributed by atoms with Gasteiger partial charge in [0.15, 0.2) is 0 Å². The summed E-state index contributed by atoms with van der Waals surface area (Å²) in [7, 11) is 0. The fourth-order valence-electron chi connectivity index (χ4n) is 2.17. The average Bonchev–Trinajstić information content (AvgIpc) is 2.30. The summed E-state index contributed by atoms with van der Waals surface area (Å²) in [6, 6.07) is 5.90. The van der Waals surface area contributed by atoms with Crippen LogP contribution in [0.1, 0.15) is 11.6 Å². The summed E-state index contributed by atoms with van der Waals surface area (Å²) in [5.74, 6) is 0. The minimum Gasteiger partial charge on any atom is -0.314 e. The molecule has 0 bridgehead atoms. The van der Waals surface area contributed by atoms with Crippen molar-refractivity contribution in [3.05, 3.63) is 34.9 Å². The van der Waals surface area contributed by atoms with Crippen LogP contribution in [0.15, 0.2) is 24.3 Å². The summed E-state index contributed by atoms with van der Waals surface area (Å²) in [6.07, 6.45) is -2.40. The van der Waals surface area contributed by atoms with Gasteiger partial charge in [-0.1, -0.05) is 23.7 Å². The zero-order valence-electron chi connectivity index (χ0n) is 10.2. The van der Waals surface area contributed by atoms with Crippen molar-refractivity contribution < 1.29 is 8.78 Å². The van der Waals surface area contributed by atoms with Crippen molar-refractivity contribution in [1.82, 2.24) is 10.2 Å². The lowest BCUT2D eigenvalue weighted by Crippen LogP contribution is -2.46. The Labute approximate surface area is 129 Å². The molecular formula is C12H17Cl3F2N2. The summed E-state index contributed by atoms with van der Waals surface area (Å²) in [6.45, 7) is 2.79. The molecule has 0 amide bonds. The first-order valence-electron chi connectivity index (χ1n) is 5.67. The van der Waals surface area contributed by atoms with Crippen molar-refractivity contribution >= 4 is 36.4 Å². The highest BCUT2D eigenvalue weighted by molar-refractivity contribution is 6.30. The van der Waals surface area contributed by atoms with E-state index >= 15 is 0 Å². The Hall–Kier alpha value is -0.130. The Balaban J connectivity index is 0.00000162. The molecule has 0 saturated carbocycles. The molecule has 1 heterocycles. The van der Waals surface area contributed by atoms with Crippen molar-refractivity contribution in [2.75, 3.05) is 26.2 Å². The van der Waals surface area contributed by atoms with Gasteiger partial charge in [0.2, 0.25) is 0 Å². The van der Waals surface area contributed by atoms with E-state index in [-0.39, 0.29) is 24.8 Å². The van der Waals surface area contributed by atoms with Crippen LogP contribution in [0.2, 0.25) is 5.02 Å². The molecular weight excluding hydrogens is 317 g/mol. The standard InChI is InChI=1S/C12H15ClF2N2.2ClH/c13-10-3-1-2-9(8-10)11(12(14)15)17-6-4-16-5-7-17;;/h1-3,8,11-12,16H,4-7H2;2*1H/t11-;;/m1../s1. The first kappa shape index (κ1) is 18.9. The van der Waals surface area contributed by atoms with E-state index in [9.17, 15) is 8.78 Å². The second kappa shape index (κ2) is 8.93. The molecule has 1 aromatic rings. The van der Waals surface area contributed by atoms with E-state index in [0.717, 1.165) is 13.1 Å². The molecule has 7 heteroatoms. The smallest absolute Gasteiger partial charge is 0.258 e. The molecule has 0 aromatic heterocycles. The number of hydrogen-bond acceptors (Lipinski definition) is 2. The Morgan fingerprint density at radius 1 is 1.16 bits per heavy atom. The van der Waals surface area contributed by atoms with Crippen molar-refractivity contribution in [3.8, 4) is 0 Å². The van der Waals surface area contributed by atoms with E-state index in [1.165, 1.54) is 0 Å².